The molecule has 0 radical (unpaired) electrons. The van der Waals surface area contributed by atoms with E-state index >= 15 is 0 Å². The fourth-order valence-corrected chi connectivity index (χ4v) is 2.81. The minimum Gasteiger partial charge on any atom is -0.355 e. The van der Waals surface area contributed by atoms with Crippen LogP contribution in [0.5, 0.6) is 0 Å². The molecule has 6 heteroatoms. The van der Waals surface area contributed by atoms with Crippen LogP contribution in [-0.4, -0.2) is 18.4 Å². The molecule has 2 aromatic rings. The van der Waals surface area contributed by atoms with Crippen LogP contribution in [0.3, 0.4) is 0 Å². The van der Waals surface area contributed by atoms with Crippen molar-refractivity contribution in [3.63, 3.8) is 0 Å². The summed E-state index contributed by atoms with van der Waals surface area (Å²) in [4.78, 5) is 22.9. The Morgan fingerprint density at radius 3 is 2.25 bits per heavy atom. The van der Waals surface area contributed by atoms with Gasteiger partial charge in [-0.05, 0) is 56.2 Å². The Kier molecular flexibility index (Phi) is 11.0. The number of aryl methyl sites for hydroxylation is 1. The van der Waals surface area contributed by atoms with E-state index in [1.165, 1.54) is 5.56 Å². The molecular weight excluding hydrogens is 395 g/mol. The van der Waals surface area contributed by atoms with E-state index in [0.717, 1.165) is 5.02 Å². The van der Waals surface area contributed by atoms with Crippen LogP contribution in [0.25, 0.3) is 0 Å². The number of carbonyl (C=O) groups is 2. The zero-order valence-electron chi connectivity index (χ0n) is 16.2. The van der Waals surface area contributed by atoms with Crippen molar-refractivity contribution in [3.05, 3.63) is 76.8 Å². The third-order valence-electron chi connectivity index (χ3n) is 3.71. The van der Waals surface area contributed by atoms with Crippen LogP contribution in [0.15, 0.2) is 61.2 Å². The Balaban J connectivity index is 0.000000296. The summed E-state index contributed by atoms with van der Waals surface area (Å²) >= 11 is 11.5. The molecule has 2 N–H and O–H groups in total. The number of nitrogens with one attached hydrogen (secondary N) is 2. The summed E-state index contributed by atoms with van der Waals surface area (Å²) < 4.78 is 0. The molecule has 1 aliphatic heterocycles. The van der Waals surface area contributed by atoms with Crippen molar-refractivity contribution in [1.82, 2.24) is 5.32 Å². The maximum atomic E-state index is 11.9. The highest BCUT2D eigenvalue weighted by molar-refractivity contribution is 6.31. The Morgan fingerprint density at radius 2 is 1.79 bits per heavy atom. The van der Waals surface area contributed by atoms with Gasteiger partial charge in [0.05, 0.1) is 5.92 Å². The van der Waals surface area contributed by atoms with E-state index in [4.69, 9.17) is 23.2 Å². The maximum absolute atomic E-state index is 11.9. The van der Waals surface area contributed by atoms with Crippen molar-refractivity contribution in [3.8, 4) is 0 Å². The molecule has 0 aromatic heterocycles. The smallest absolute Gasteiger partial charge is 0.229 e. The Bertz CT molecular complexity index is 766. The van der Waals surface area contributed by atoms with Crippen molar-refractivity contribution >= 4 is 40.7 Å². The summed E-state index contributed by atoms with van der Waals surface area (Å²) in [6.45, 7) is 7.68. The minimum atomic E-state index is -0.160. The molecular formula is C22H26Cl2N2O2. The number of benzene rings is 2. The average Bonchev–Trinajstić information content (AvgIpc) is 2.63. The first-order chi connectivity index (χ1) is 13.3. The van der Waals surface area contributed by atoms with E-state index < -0.39 is 0 Å². The number of piperidine rings is 1. The molecule has 2 amide bonds. The maximum Gasteiger partial charge on any atom is 0.229 e. The van der Waals surface area contributed by atoms with Crippen molar-refractivity contribution < 1.29 is 9.59 Å². The molecule has 0 saturated carbocycles. The van der Waals surface area contributed by atoms with Gasteiger partial charge in [0.15, 0.2) is 0 Å². The lowest BCUT2D eigenvalue weighted by molar-refractivity contribution is -0.126. The minimum absolute atomic E-state index is 0.0109. The van der Waals surface area contributed by atoms with Crippen LogP contribution >= 0.6 is 23.2 Å². The molecule has 3 rings (SSSR count). The highest BCUT2D eigenvalue weighted by Gasteiger charge is 2.24. The van der Waals surface area contributed by atoms with Crippen molar-refractivity contribution in [2.75, 3.05) is 11.9 Å². The molecule has 28 heavy (non-hydrogen) atoms. The van der Waals surface area contributed by atoms with Gasteiger partial charge >= 0.3 is 0 Å². The van der Waals surface area contributed by atoms with Crippen LogP contribution in [0.4, 0.5) is 5.69 Å². The summed E-state index contributed by atoms with van der Waals surface area (Å²) in [7, 11) is 0. The van der Waals surface area contributed by atoms with Crippen LogP contribution in [0.1, 0.15) is 25.3 Å². The largest absolute Gasteiger partial charge is 0.355 e. The van der Waals surface area contributed by atoms with E-state index in [0.29, 0.717) is 30.1 Å². The fourth-order valence-electron chi connectivity index (χ4n) is 2.37. The van der Waals surface area contributed by atoms with Gasteiger partial charge in [-0.1, -0.05) is 47.5 Å². The fraction of sp³-hybridized carbons (Fsp3) is 0.273. The van der Waals surface area contributed by atoms with Crippen LogP contribution in [0, 0.1) is 12.8 Å². The van der Waals surface area contributed by atoms with E-state index in [1.54, 1.807) is 30.3 Å². The van der Waals surface area contributed by atoms with Gasteiger partial charge in [0.25, 0.3) is 0 Å². The second-order valence-corrected chi connectivity index (χ2v) is 7.12. The van der Waals surface area contributed by atoms with E-state index in [1.807, 2.05) is 38.1 Å². The average molecular weight is 421 g/mol. The second-order valence-electron chi connectivity index (χ2n) is 6.25. The summed E-state index contributed by atoms with van der Waals surface area (Å²) in [5, 5.41) is 6.87. The number of halogens is 2. The molecule has 1 unspecified atom stereocenters. The normalized spacial score (nSPS) is 15.0. The number of hydrogen-bond donors (Lipinski definition) is 2. The van der Waals surface area contributed by atoms with Gasteiger partial charge in [-0.2, -0.15) is 0 Å². The molecule has 1 atom stereocenters. The molecule has 1 aliphatic rings. The summed E-state index contributed by atoms with van der Waals surface area (Å²) in [5.41, 5.74) is 1.89. The zero-order chi connectivity index (χ0) is 20.9. The standard InChI is InChI=1S/C12H13ClN2O2.C7H7Cl.C3H6/c13-9-2-1-3-10(6-9)15-12(17)8-4-5-11(16)14-7-8;1-6-3-2-4-7(8)5-6;1-3-2/h1-3,6,8H,4-5,7H2,(H,14,16)(H,15,17);2-5H,1H3;3H,1H2,2H3. The third-order valence-corrected chi connectivity index (χ3v) is 4.18. The molecule has 4 nitrogen and oxygen atoms in total. The zero-order valence-corrected chi connectivity index (χ0v) is 17.7. The Morgan fingerprint density at radius 1 is 1.18 bits per heavy atom. The Hall–Kier alpha value is -2.30. The predicted octanol–water partition coefficient (Wildman–Crippen LogP) is 5.65. The summed E-state index contributed by atoms with van der Waals surface area (Å²) in [5.74, 6) is -0.226. The Labute approximate surface area is 176 Å². The lowest BCUT2D eigenvalue weighted by atomic mass is 9.98. The number of amides is 2. The number of carbonyl (C=O) groups excluding carboxylic acids is 2. The van der Waals surface area contributed by atoms with Crippen molar-refractivity contribution in [2.24, 2.45) is 5.92 Å². The molecule has 0 spiro atoms. The number of hydrogen-bond acceptors (Lipinski definition) is 2. The van der Waals surface area contributed by atoms with Crippen LogP contribution in [0.2, 0.25) is 10.0 Å². The first-order valence-electron chi connectivity index (χ1n) is 8.98. The molecule has 150 valence electrons. The predicted molar refractivity (Wildman–Crippen MR) is 118 cm³/mol. The van der Waals surface area contributed by atoms with Gasteiger partial charge in [-0.3, -0.25) is 9.59 Å². The molecule has 0 bridgehead atoms. The van der Waals surface area contributed by atoms with Crippen LogP contribution < -0.4 is 10.6 Å². The monoisotopic (exact) mass is 420 g/mol. The molecule has 1 saturated heterocycles. The lowest BCUT2D eigenvalue weighted by Gasteiger charge is -2.21. The van der Waals surface area contributed by atoms with Gasteiger partial charge in [-0.15, -0.1) is 6.58 Å². The SMILES string of the molecule is C=CC.Cc1cccc(Cl)c1.O=C1CCC(C(=O)Nc2cccc(Cl)c2)CN1. The number of allylic oxidation sites excluding steroid dienone is 1. The number of rotatable bonds is 2. The quantitative estimate of drug-likeness (QED) is 0.616. The molecule has 1 fully saturated rings. The van der Waals surface area contributed by atoms with Crippen molar-refractivity contribution in [2.45, 2.75) is 26.7 Å². The van der Waals surface area contributed by atoms with Gasteiger partial charge in [-0.25, -0.2) is 0 Å². The topological polar surface area (TPSA) is 58.2 Å². The van der Waals surface area contributed by atoms with Crippen LogP contribution in [-0.2, 0) is 9.59 Å². The van der Waals surface area contributed by atoms with Crippen molar-refractivity contribution in [1.29, 1.82) is 0 Å². The van der Waals surface area contributed by atoms with Gasteiger partial charge in [0, 0.05) is 28.7 Å². The highest BCUT2D eigenvalue weighted by Crippen LogP contribution is 2.18. The third kappa shape index (κ3) is 9.58. The van der Waals surface area contributed by atoms with E-state index in [2.05, 4.69) is 17.2 Å². The molecule has 2 aromatic carbocycles. The number of anilines is 1. The van der Waals surface area contributed by atoms with E-state index in [-0.39, 0.29) is 17.7 Å². The molecule has 0 aliphatic carbocycles. The van der Waals surface area contributed by atoms with E-state index in [9.17, 15) is 9.59 Å². The first kappa shape index (κ1) is 23.7. The van der Waals surface area contributed by atoms with Gasteiger partial charge in [0.1, 0.15) is 0 Å². The summed E-state index contributed by atoms with van der Waals surface area (Å²) in [6.07, 6.45) is 2.76. The highest BCUT2D eigenvalue weighted by atomic mass is 35.5. The lowest BCUT2D eigenvalue weighted by Crippen LogP contribution is -2.40. The second kappa shape index (κ2) is 13.0. The van der Waals surface area contributed by atoms with Gasteiger partial charge < -0.3 is 10.6 Å². The molecule has 1 heterocycles. The summed E-state index contributed by atoms with van der Waals surface area (Å²) in [6, 6.07) is 14.8. The first-order valence-corrected chi connectivity index (χ1v) is 9.73. The van der Waals surface area contributed by atoms with Gasteiger partial charge in [0.2, 0.25) is 11.8 Å².